The Morgan fingerprint density at radius 1 is 1.15 bits per heavy atom. The van der Waals surface area contributed by atoms with Gasteiger partial charge < -0.3 is 0 Å². The number of amides is 2. The minimum absolute atomic E-state index is 0.181. The monoisotopic (exact) mass is 457 g/mol. The standard InChI is InChI=1S/C18H20BrNO4S2/c1-26(23,24)17(13-5-3-2-4-6-13)20-16(21)15(25-18(20)22)11-12-7-9-14(19)10-8-12/h7-11,13,17H,2-6H2,1H3. The van der Waals surface area contributed by atoms with E-state index in [1.807, 2.05) is 24.3 Å². The van der Waals surface area contributed by atoms with Crippen LogP contribution in [-0.4, -0.2) is 36.1 Å². The molecule has 1 heterocycles. The molecule has 140 valence electrons. The Morgan fingerprint density at radius 2 is 1.77 bits per heavy atom. The SMILES string of the molecule is CS(=O)(=O)C(C1CCCCC1)N1C(=O)SC(=Cc2ccc(Br)cc2)C1=O. The fourth-order valence-electron chi connectivity index (χ4n) is 3.58. The molecular weight excluding hydrogens is 438 g/mol. The molecule has 26 heavy (non-hydrogen) atoms. The van der Waals surface area contributed by atoms with Gasteiger partial charge in [0.1, 0.15) is 5.37 Å². The van der Waals surface area contributed by atoms with Gasteiger partial charge in [0, 0.05) is 10.7 Å². The maximum Gasteiger partial charge on any atom is 0.294 e. The molecule has 1 unspecified atom stereocenters. The summed E-state index contributed by atoms with van der Waals surface area (Å²) in [4.78, 5) is 26.6. The zero-order chi connectivity index (χ0) is 18.9. The van der Waals surface area contributed by atoms with Crippen LogP contribution in [0.2, 0.25) is 0 Å². The maximum atomic E-state index is 12.9. The highest BCUT2D eigenvalue weighted by molar-refractivity contribution is 9.10. The molecule has 0 N–H and O–H groups in total. The van der Waals surface area contributed by atoms with Gasteiger partial charge in [0.15, 0.2) is 9.84 Å². The summed E-state index contributed by atoms with van der Waals surface area (Å²) in [5.74, 6) is -0.691. The van der Waals surface area contributed by atoms with Crippen LogP contribution in [0.3, 0.4) is 0 Å². The van der Waals surface area contributed by atoms with Crippen LogP contribution >= 0.6 is 27.7 Å². The van der Waals surface area contributed by atoms with Gasteiger partial charge in [-0.05, 0) is 54.3 Å². The van der Waals surface area contributed by atoms with E-state index in [-0.39, 0.29) is 10.8 Å². The van der Waals surface area contributed by atoms with Crippen molar-refractivity contribution in [1.82, 2.24) is 4.90 Å². The molecule has 1 aliphatic heterocycles. The minimum Gasteiger partial charge on any atom is -0.268 e. The Morgan fingerprint density at radius 3 is 2.35 bits per heavy atom. The average molecular weight is 458 g/mol. The normalized spacial score (nSPS) is 22.2. The number of nitrogens with zero attached hydrogens (tertiary/aromatic N) is 1. The average Bonchev–Trinajstić information content (AvgIpc) is 2.85. The number of benzene rings is 1. The van der Waals surface area contributed by atoms with Gasteiger partial charge in [0.05, 0.1) is 4.91 Å². The van der Waals surface area contributed by atoms with Crippen molar-refractivity contribution in [3.63, 3.8) is 0 Å². The highest BCUT2D eigenvalue weighted by Gasteiger charge is 2.47. The van der Waals surface area contributed by atoms with Gasteiger partial charge in [-0.15, -0.1) is 0 Å². The topological polar surface area (TPSA) is 71.5 Å². The van der Waals surface area contributed by atoms with Gasteiger partial charge in [-0.25, -0.2) is 8.42 Å². The lowest BCUT2D eigenvalue weighted by Crippen LogP contribution is -2.48. The molecule has 0 radical (unpaired) electrons. The molecule has 2 aliphatic rings. The van der Waals surface area contributed by atoms with E-state index in [2.05, 4.69) is 15.9 Å². The number of hydrogen-bond donors (Lipinski definition) is 0. The van der Waals surface area contributed by atoms with Crippen LogP contribution in [0, 0.1) is 5.92 Å². The van der Waals surface area contributed by atoms with Crippen molar-refractivity contribution in [3.8, 4) is 0 Å². The molecule has 2 amide bonds. The number of hydrogen-bond acceptors (Lipinski definition) is 5. The fraction of sp³-hybridized carbons (Fsp3) is 0.444. The molecule has 8 heteroatoms. The Kier molecular flexibility index (Phi) is 5.94. The molecular formula is C18H20BrNO4S2. The van der Waals surface area contributed by atoms with E-state index in [0.29, 0.717) is 0 Å². The smallest absolute Gasteiger partial charge is 0.268 e. The second-order valence-corrected chi connectivity index (χ2v) is 10.8. The molecule has 1 saturated carbocycles. The van der Waals surface area contributed by atoms with Gasteiger partial charge in [-0.2, -0.15) is 0 Å². The molecule has 0 bridgehead atoms. The summed E-state index contributed by atoms with van der Waals surface area (Å²) in [5, 5.41) is -1.56. The van der Waals surface area contributed by atoms with Gasteiger partial charge in [0.2, 0.25) is 0 Å². The summed E-state index contributed by atoms with van der Waals surface area (Å²) in [5.41, 5.74) is 0.785. The van der Waals surface area contributed by atoms with Gasteiger partial charge in [0.25, 0.3) is 11.1 Å². The van der Waals surface area contributed by atoms with E-state index in [1.54, 1.807) is 6.08 Å². The first-order chi connectivity index (χ1) is 12.3. The maximum absolute atomic E-state index is 12.9. The zero-order valence-corrected chi connectivity index (χ0v) is 17.6. The molecule has 1 aromatic rings. The Labute approximate surface area is 166 Å². The first kappa shape index (κ1) is 19.6. The fourth-order valence-corrected chi connectivity index (χ4v) is 6.32. The number of rotatable bonds is 4. The first-order valence-corrected chi connectivity index (χ1v) is 12.1. The first-order valence-electron chi connectivity index (χ1n) is 8.49. The number of imide groups is 1. The number of sulfone groups is 1. The lowest BCUT2D eigenvalue weighted by molar-refractivity contribution is -0.124. The molecule has 1 aromatic carbocycles. The Bertz CT molecular complexity index is 842. The molecule has 0 spiro atoms. The molecule has 1 saturated heterocycles. The van der Waals surface area contributed by atoms with E-state index in [0.717, 1.165) is 65.1 Å². The third kappa shape index (κ3) is 4.23. The minimum atomic E-state index is -3.58. The largest absolute Gasteiger partial charge is 0.294 e. The van der Waals surface area contributed by atoms with Crippen molar-refractivity contribution in [3.05, 3.63) is 39.2 Å². The van der Waals surface area contributed by atoms with Crippen LogP contribution in [0.4, 0.5) is 4.79 Å². The molecule has 1 aliphatic carbocycles. The lowest BCUT2D eigenvalue weighted by atomic mass is 9.88. The van der Waals surface area contributed by atoms with Crippen molar-refractivity contribution in [2.45, 2.75) is 37.5 Å². The summed E-state index contributed by atoms with van der Waals surface area (Å²) in [6.45, 7) is 0. The number of halogens is 1. The Balaban J connectivity index is 1.92. The molecule has 1 atom stereocenters. The quantitative estimate of drug-likeness (QED) is 0.624. The van der Waals surface area contributed by atoms with Crippen LogP contribution < -0.4 is 0 Å². The highest BCUT2D eigenvalue weighted by Crippen LogP contribution is 2.39. The van der Waals surface area contributed by atoms with Crippen LogP contribution in [-0.2, 0) is 14.6 Å². The van der Waals surface area contributed by atoms with E-state index in [4.69, 9.17) is 0 Å². The van der Waals surface area contributed by atoms with E-state index in [9.17, 15) is 18.0 Å². The zero-order valence-electron chi connectivity index (χ0n) is 14.4. The summed E-state index contributed by atoms with van der Waals surface area (Å²) in [6, 6.07) is 7.34. The van der Waals surface area contributed by atoms with E-state index in [1.165, 1.54) is 0 Å². The molecule has 3 rings (SSSR count). The van der Waals surface area contributed by atoms with Crippen LogP contribution in [0.1, 0.15) is 37.7 Å². The van der Waals surface area contributed by atoms with Crippen LogP contribution in [0.25, 0.3) is 6.08 Å². The lowest BCUT2D eigenvalue weighted by Gasteiger charge is -2.33. The summed E-state index contributed by atoms with van der Waals surface area (Å²) < 4.78 is 25.8. The van der Waals surface area contributed by atoms with E-state index < -0.39 is 26.4 Å². The summed E-state index contributed by atoms with van der Waals surface area (Å²) >= 11 is 4.16. The third-order valence-corrected chi connectivity index (χ3v) is 7.62. The second kappa shape index (κ2) is 7.86. The van der Waals surface area contributed by atoms with Gasteiger partial charge >= 0.3 is 0 Å². The predicted octanol–water partition coefficient (Wildman–Crippen LogP) is 4.44. The van der Waals surface area contributed by atoms with Crippen molar-refractivity contribution < 1.29 is 18.0 Å². The Hall–Kier alpha value is -1.12. The molecule has 0 aromatic heterocycles. The second-order valence-electron chi connectivity index (χ2n) is 6.72. The van der Waals surface area contributed by atoms with Gasteiger partial charge in [-0.3, -0.25) is 14.5 Å². The van der Waals surface area contributed by atoms with Gasteiger partial charge in [-0.1, -0.05) is 47.3 Å². The van der Waals surface area contributed by atoms with Crippen molar-refractivity contribution >= 4 is 54.8 Å². The molecule has 5 nitrogen and oxygen atoms in total. The number of carbonyl (C=O) groups is 2. The number of carbonyl (C=O) groups excluding carboxylic acids is 2. The van der Waals surface area contributed by atoms with Crippen molar-refractivity contribution in [2.24, 2.45) is 5.92 Å². The third-order valence-electron chi connectivity index (χ3n) is 4.74. The number of thioether (sulfide) groups is 1. The highest BCUT2D eigenvalue weighted by atomic mass is 79.9. The van der Waals surface area contributed by atoms with Crippen LogP contribution in [0.5, 0.6) is 0 Å². The van der Waals surface area contributed by atoms with E-state index >= 15 is 0 Å². The summed E-state index contributed by atoms with van der Waals surface area (Å²) in [6.07, 6.45) is 7.14. The van der Waals surface area contributed by atoms with Crippen LogP contribution in [0.15, 0.2) is 33.6 Å². The van der Waals surface area contributed by atoms with Crippen molar-refractivity contribution in [2.75, 3.05) is 6.26 Å². The molecule has 2 fully saturated rings. The van der Waals surface area contributed by atoms with Crippen molar-refractivity contribution in [1.29, 1.82) is 0 Å². The summed E-state index contributed by atoms with van der Waals surface area (Å²) in [7, 11) is -3.58. The predicted molar refractivity (Wildman–Crippen MR) is 107 cm³/mol.